The van der Waals surface area contributed by atoms with Gasteiger partial charge in [0, 0.05) is 49.8 Å². The lowest BCUT2D eigenvalue weighted by Gasteiger charge is -2.37. The summed E-state index contributed by atoms with van der Waals surface area (Å²) >= 11 is 0. The van der Waals surface area contributed by atoms with Gasteiger partial charge in [-0.2, -0.15) is 5.10 Å². The van der Waals surface area contributed by atoms with E-state index in [1.165, 1.54) is 0 Å². The van der Waals surface area contributed by atoms with Gasteiger partial charge in [-0.25, -0.2) is 4.68 Å². The molecule has 0 unspecified atom stereocenters. The predicted octanol–water partition coefficient (Wildman–Crippen LogP) is 5.64. The van der Waals surface area contributed by atoms with Crippen LogP contribution in [0.25, 0.3) is 5.69 Å². The molecule has 0 bridgehead atoms. The van der Waals surface area contributed by atoms with E-state index >= 15 is 0 Å². The average Bonchev–Trinajstić information content (AvgIpc) is 3.54. The van der Waals surface area contributed by atoms with Gasteiger partial charge in [0.25, 0.3) is 11.8 Å². The van der Waals surface area contributed by atoms with Crippen LogP contribution in [0, 0.1) is 6.92 Å². The molecule has 1 aromatic heterocycles. The molecule has 0 aliphatic carbocycles. The van der Waals surface area contributed by atoms with Gasteiger partial charge in [-0.3, -0.25) is 14.4 Å². The van der Waals surface area contributed by atoms with Gasteiger partial charge in [-0.1, -0.05) is 69.2 Å². The minimum atomic E-state index is -0.411. The fraction of sp³-hybridized carbons (Fsp3) is 0.400. The molecule has 1 N–H and O–H groups in total. The third kappa shape index (κ3) is 7.31. The molecule has 10 heteroatoms. The molecule has 0 saturated carbocycles. The van der Waals surface area contributed by atoms with Crippen molar-refractivity contribution < 1.29 is 19.5 Å². The molecule has 262 valence electrons. The molecule has 2 aliphatic heterocycles. The van der Waals surface area contributed by atoms with E-state index in [-0.39, 0.29) is 30.9 Å². The Kier molecular flexibility index (Phi) is 11.0. The number of aliphatic hydroxyl groups is 1. The fourth-order valence-electron chi connectivity index (χ4n) is 6.99. The van der Waals surface area contributed by atoms with Crippen LogP contribution >= 0.6 is 0 Å². The molecule has 0 radical (unpaired) electrons. The number of fused-ring (bicyclic) bond motifs is 1. The number of anilines is 2. The number of benzene rings is 3. The van der Waals surface area contributed by atoms with Gasteiger partial charge in [0.1, 0.15) is 0 Å². The van der Waals surface area contributed by atoms with Crippen LogP contribution in [0.4, 0.5) is 11.4 Å². The van der Waals surface area contributed by atoms with Crippen molar-refractivity contribution in [3.63, 3.8) is 0 Å². The summed E-state index contributed by atoms with van der Waals surface area (Å²) in [6, 6.07) is 24.7. The Morgan fingerprint density at radius 1 is 0.860 bits per heavy atom. The number of piperazine rings is 1. The van der Waals surface area contributed by atoms with Crippen molar-refractivity contribution in [2.75, 3.05) is 49.1 Å². The first-order valence-electron chi connectivity index (χ1n) is 17.9. The van der Waals surface area contributed by atoms with Crippen LogP contribution in [0.5, 0.6) is 0 Å². The number of carbonyl (C=O) groups is 3. The first-order valence-corrected chi connectivity index (χ1v) is 17.9. The number of aliphatic hydroxyl groups excluding tert-OH is 1. The van der Waals surface area contributed by atoms with Gasteiger partial charge in [-0.05, 0) is 73.7 Å². The lowest BCUT2D eigenvalue weighted by atomic mass is 9.93. The molecule has 4 aromatic rings. The van der Waals surface area contributed by atoms with Crippen LogP contribution < -0.4 is 9.80 Å². The number of hydrogen-bond acceptors (Lipinski definition) is 6. The fourth-order valence-corrected chi connectivity index (χ4v) is 6.99. The Morgan fingerprint density at radius 3 is 2.24 bits per heavy atom. The predicted molar refractivity (Wildman–Crippen MR) is 196 cm³/mol. The van der Waals surface area contributed by atoms with E-state index in [9.17, 15) is 19.5 Å². The van der Waals surface area contributed by atoms with Gasteiger partial charge in [0.05, 0.1) is 30.4 Å². The molecule has 3 heterocycles. The molecule has 50 heavy (non-hydrogen) atoms. The van der Waals surface area contributed by atoms with Crippen molar-refractivity contribution >= 4 is 29.1 Å². The van der Waals surface area contributed by atoms with Crippen LogP contribution in [-0.4, -0.2) is 87.8 Å². The SMILES string of the molecule is CCCCN(CCCC)C(=O)c1cc(C)n(-c2ccc(N3CCN(c4ccccc4)CC3=O)cc2C(=O)N2Cc3ccccc3C[C@H]2CO)n1. The molecule has 3 amide bonds. The van der Waals surface area contributed by atoms with Crippen molar-refractivity contribution in [2.24, 2.45) is 0 Å². The third-order valence-electron chi connectivity index (χ3n) is 9.88. The van der Waals surface area contributed by atoms with Gasteiger partial charge in [0.15, 0.2) is 5.69 Å². The summed E-state index contributed by atoms with van der Waals surface area (Å²) in [5, 5.41) is 15.3. The van der Waals surface area contributed by atoms with Crippen LogP contribution in [-0.2, 0) is 17.8 Å². The summed E-state index contributed by atoms with van der Waals surface area (Å²) in [7, 11) is 0. The van der Waals surface area contributed by atoms with E-state index in [1.54, 1.807) is 26.6 Å². The maximum absolute atomic E-state index is 14.7. The highest BCUT2D eigenvalue weighted by Crippen LogP contribution is 2.31. The smallest absolute Gasteiger partial charge is 0.274 e. The van der Waals surface area contributed by atoms with Crippen molar-refractivity contribution in [2.45, 2.75) is 65.5 Å². The number of hydrogen-bond donors (Lipinski definition) is 1. The molecule has 3 aromatic carbocycles. The summed E-state index contributed by atoms with van der Waals surface area (Å²) in [4.78, 5) is 49.5. The summed E-state index contributed by atoms with van der Waals surface area (Å²) in [6.45, 7) is 8.95. The zero-order valence-corrected chi connectivity index (χ0v) is 29.4. The van der Waals surface area contributed by atoms with Crippen molar-refractivity contribution in [1.82, 2.24) is 19.6 Å². The first-order chi connectivity index (χ1) is 24.3. The lowest BCUT2D eigenvalue weighted by molar-refractivity contribution is -0.117. The van der Waals surface area contributed by atoms with Crippen molar-refractivity contribution in [1.29, 1.82) is 0 Å². The molecule has 1 saturated heterocycles. The Hall–Kier alpha value is -4.96. The number of unbranched alkanes of at least 4 members (excludes halogenated alkanes) is 2. The van der Waals surface area contributed by atoms with E-state index in [0.717, 1.165) is 48.2 Å². The van der Waals surface area contributed by atoms with E-state index in [0.29, 0.717) is 61.8 Å². The number of aromatic nitrogens is 2. The first kappa shape index (κ1) is 34.9. The van der Waals surface area contributed by atoms with Crippen LogP contribution in [0.15, 0.2) is 78.9 Å². The topological polar surface area (TPSA) is 102 Å². The highest BCUT2D eigenvalue weighted by Gasteiger charge is 2.33. The molecular weight excluding hydrogens is 628 g/mol. The van der Waals surface area contributed by atoms with Crippen LogP contribution in [0.1, 0.15) is 77.2 Å². The van der Waals surface area contributed by atoms with E-state index in [1.807, 2.05) is 78.6 Å². The van der Waals surface area contributed by atoms with Crippen LogP contribution in [0.3, 0.4) is 0 Å². The molecule has 1 fully saturated rings. The summed E-state index contributed by atoms with van der Waals surface area (Å²) < 4.78 is 1.67. The zero-order chi connectivity index (χ0) is 35.2. The number of amides is 3. The van der Waals surface area contributed by atoms with E-state index in [2.05, 4.69) is 18.7 Å². The minimum absolute atomic E-state index is 0.0613. The number of nitrogens with zero attached hydrogens (tertiary/aromatic N) is 6. The number of carbonyl (C=O) groups excluding carboxylic acids is 3. The Balaban J connectivity index is 1.37. The van der Waals surface area contributed by atoms with Gasteiger partial charge in [-0.15, -0.1) is 0 Å². The summed E-state index contributed by atoms with van der Waals surface area (Å²) in [5.74, 6) is -0.442. The molecule has 6 rings (SSSR count). The Morgan fingerprint density at radius 2 is 1.56 bits per heavy atom. The lowest BCUT2D eigenvalue weighted by Crippen LogP contribution is -2.50. The number of para-hydroxylation sites is 1. The summed E-state index contributed by atoms with van der Waals surface area (Å²) in [5.41, 5.74) is 5.72. The highest BCUT2D eigenvalue weighted by atomic mass is 16.3. The maximum Gasteiger partial charge on any atom is 0.274 e. The normalized spacial score (nSPS) is 16.0. The van der Waals surface area contributed by atoms with Gasteiger partial charge in [0.2, 0.25) is 5.91 Å². The molecule has 1 atom stereocenters. The third-order valence-corrected chi connectivity index (χ3v) is 9.88. The van der Waals surface area contributed by atoms with Crippen molar-refractivity contribution in [3.05, 3.63) is 107 Å². The Labute approximate surface area is 294 Å². The van der Waals surface area contributed by atoms with E-state index < -0.39 is 6.04 Å². The second kappa shape index (κ2) is 15.7. The van der Waals surface area contributed by atoms with Gasteiger partial charge < -0.3 is 24.7 Å². The molecule has 10 nitrogen and oxygen atoms in total. The van der Waals surface area contributed by atoms with E-state index in [4.69, 9.17) is 5.10 Å². The average molecular weight is 677 g/mol. The molecule has 2 aliphatic rings. The number of aryl methyl sites for hydroxylation is 1. The second-order valence-electron chi connectivity index (χ2n) is 13.3. The summed E-state index contributed by atoms with van der Waals surface area (Å²) in [6.07, 6.45) is 4.34. The highest BCUT2D eigenvalue weighted by molar-refractivity contribution is 6.02. The van der Waals surface area contributed by atoms with Gasteiger partial charge >= 0.3 is 0 Å². The molecule has 0 spiro atoms. The minimum Gasteiger partial charge on any atom is -0.394 e. The molecular formula is C40H48N6O4. The Bertz CT molecular complexity index is 1810. The maximum atomic E-state index is 14.7. The monoisotopic (exact) mass is 676 g/mol. The second-order valence-corrected chi connectivity index (χ2v) is 13.3. The zero-order valence-electron chi connectivity index (χ0n) is 29.4. The number of rotatable bonds is 12. The largest absolute Gasteiger partial charge is 0.394 e. The standard InChI is InChI=1S/C40H48N6O4/c1-4-6-19-42(20-7-5-2)40(50)36-23-29(3)46(41-36)37-18-17-33(44-22-21-43(27-38(44)48)32-15-9-8-10-16-32)25-35(37)39(49)45-26-31-14-12-11-13-30(31)24-34(45)28-47/h8-18,23,25,34,47H,4-7,19-22,24,26-28H2,1-3H3/t34-/m0/s1. The van der Waals surface area contributed by atoms with Crippen LogP contribution in [0.2, 0.25) is 0 Å². The van der Waals surface area contributed by atoms with Crippen molar-refractivity contribution in [3.8, 4) is 5.69 Å². The quantitative estimate of drug-likeness (QED) is 0.209.